The van der Waals surface area contributed by atoms with Crippen molar-refractivity contribution >= 4 is 27.3 Å². The first-order chi connectivity index (χ1) is 9.83. The molecule has 6 heteroatoms. The van der Waals surface area contributed by atoms with Crippen LogP contribution in [0, 0.1) is 6.92 Å². The van der Waals surface area contributed by atoms with Crippen molar-refractivity contribution in [3.63, 3.8) is 0 Å². The van der Waals surface area contributed by atoms with Gasteiger partial charge in [-0.05, 0) is 43.3 Å². The van der Waals surface area contributed by atoms with Crippen LogP contribution >= 0.6 is 0 Å². The summed E-state index contributed by atoms with van der Waals surface area (Å²) in [6, 6.07) is 13.7. The van der Waals surface area contributed by atoms with Crippen molar-refractivity contribution in [1.82, 2.24) is 0 Å². The summed E-state index contributed by atoms with van der Waals surface area (Å²) < 4.78 is 24.5. The van der Waals surface area contributed by atoms with Gasteiger partial charge in [0.1, 0.15) is 0 Å². The molecule has 0 spiro atoms. The first kappa shape index (κ1) is 15.1. The Labute approximate surface area is 124 Å². The SMILES string of the molecule is Cc1ccc(NC(=O)c2ccc(NS(C)(=O)=O)cc2)cc1. The first-order valence-electron chi connectivity index (χ1n) is 6.29. The molecule has 0 radical (unpaired) electrons. The van der Waals surface area contributed by atoms with Gasteiger partial charge in [0, 0.05) is 16.9 Å². The van der Waals surface area contributed by atoms with Gasteiger partial charge < -0.3 is 5.32 Å². The minimum atomic E-state index is -3.31. The van der Waals surface area contributed by atoms with Crippen molar-refractivity contribution in [2.45, 2.75) is 6.92 Å². The molecule has 0 unspecified atom stereocenters. The number of aryl methyl sites for hydroxylation is 1. The molecule has 0 aliphatic carbocycles. The smallest absolute Gasteiger partial charge is 0.255 e. The lowest BCUT2D eigenvalue weighted by molar-refractivity contribution is 0.102. The predicted octanol–water partition coefficient (Wildman–Crippen LogP) is 2.62. The molecule has 0 bridgehead atoms. The molecule has 1 amide bonds. The number of carbonyl (C=O) groups is 1. The summed E-state index contributed by atoms with van der Waals surface area (Å²) in [4.78, 5) is 12.0. The van der Waals surface area contributed by atoms with E-state index < -0.39 is 10.0 Å². The van der Waals surface area contributed by atoms with Crippen LogP contribution in [0.15, 0.2) is 48.5 Å². The van der Waals surface area contributed by atoms with E-state index in [9.17, 15) is 13.2 Å². The Bertz CT molecular complexity index is 735. The standard InChI is InChI=1S/C15H16N2O3S/c1-11-3-7-13(8-4-11)16-15(18)12-5-9-14(10-6-12)17-21(2,19)20/h3-10,17H,1-2H3,(H,16,18). The number of hydrogen-bond acceptors (Lipinski definition) is 3. The lowest BCUT2D eigenvalue weighted by atomic mass is 10.2. The molecule has 0 aliphatic rings. The highest BCUT2D eigenvalue weighted by Gasteiger charge is 2.07. The summed E-state index contributed by atoms with van der Waals surface area (Å²) in [5.41, 5.74) is 2.70. The normalized spacial score (nSPS) is 11.0. The first-order valence-corrected chi connectivity index (χ1v) is 8.18. The van der Waals surface area contributed by atoms with E-state index in [2.05, 4.69) is 10.0 Å². The molecule has 5 nitrogen and oxygen atoms in total. The average Bonchev–Trinajstić information content (AvgIpc) is 2.40. The number of amides is 1. The largest absolute Gasteiger partial charge is 0.322 e. The third kappa shape index (κ3) is 4.61. The molecule has 0 heterocycles. The summed E-state index contributed by atoms with van der Waals surface area (Å²) in [5, 5.41) is 2.78. The van der Waals surface area contributed by atoms with Crippen LogP contribution < -0.4 is 10.0 Å². The molecular weight excluding hydrogens is 288 g/mol. The van der Waals surface area contributed by atoms with Crippen molar-refractivity contribution < 1.29 is 13.2 Å². The van der Waals surface area contributed by atoms with Crippen LogP contribution in [-0.4, -0.2) is 20.6 Å². The maximum atomic E-state index is 12.0. The number of hydrogen-bond donors (Lipinski definition) is 2. The molecule has 2 aromatic rings. The van der Waals surface area contributed by atoms with E-state index in [1.54, 1.807) is 24.3 Å². The van der Waals surface area contributed by atoms with Gasteiger partial charge in [0.05, 0.1) is 6.26 Å². The molecule has 110 valence electrons. The third-order valence-electron chi connectivity index (χ3n) is 2.76. The zero-order chi connectivity index (χ0) is 15.5. The quantitative estimate of drug-likeness (QED) is 0.911. The topological polar surface area (TPSA) is 75.3 Å². The van der Waals surface area contributed by atoms with Gasteiger partial charge >= 0.3 is 0 Å². The lowest BCUT2D eigenvalue weighted by Crippen LogP contribution is -2.12. The van der Waals surface area contributed by atoms with Gasteiger partial charge in [-0.1, -0.05) is 17.7 Å². The van der Waals surface area contributed by atoms with E-state index in [1.807, 2.05) is 31.2 Å². The molecule has 2 rings (SSSR count). The fraction of sp³-hybridized carbons (Fsp3) is 0.133. The second kappa shape index (κ2) is 5.97. The fourth-order valence-corrected chi connectivity index (χ4v) is 2.31. The van der Waals surface area contributed by atoms with E-state index in [4.69, 9.17) is 0 Å². The van der Waals surface area contributed by atoms with E-state index in [-0.39, 0.29) is 5.91 Å². The summed E-state index contributed by atoms with van der Waals surface area (Å²) in [6.07, 6.45) is 1.07. The van der Waals surface area contributed by atoms with E-state index >= 15 is 0 Å². The Morgan fingerprint density at radius 1 is 0.905 bits per heavy atom. The van der Waals surface area contributed by atoms with Crippen LogP contribution in [0.4, 0.5) is 11.4 Å². The zero-order valence-corrected chi connectivity index (χ0v) is 12.6. The van der Waals surface area contributed by atoms with Crippen LogP contribution in [0.3, 0.4) is 0 Å². The van der Waals surface area contributed by atoms with Gasteiger partial charge in [-0.15, -0.1) is 0 Å². The average molecular weight is 304 g/mol. The Morgan fingerprint density at radius 2 is 1.43 bits per heavy atom. The highest BCUT2D eigenvalue weighted by atomic mass is 32.2. The molecule has 2 aromatic carbocycles. The molecule has 0 aromatic heterocycles. The summed E-state index contributed by atoms with van der Waals surface area (Å²) in [6.45, 7) is 1.97. The number of rotatable bonds is 4. The van der Waals surface area contributed by atoms with Crippen LogP contribution in [-0.2, 0) is 10.0 Å². The van der Waals surface area contributed by atoms with Crippen molar-refractivity contribution in [1.29, 1.82) is 0 Å². The summed E-state index contributed by atoms with van der Waals surface area (Å²) in [5.74, 6) is -0.246. The number of sulfonamides is 1. The minimum Gasteiger partial charge on any atom is -0.322 e. The maximum Gasteiger partial charge on any atom is 0.255 e. The van der Waals surface area contributed by atoms with Gasteiger partial charge in [0.15, 0.2) is 0 Å². The highest BCUT2D eigenvalue weighted by Crippen LogP contribution is 2.14. The molecule has 0 fully saturated rings. The fourth-order valence-electron chi connectivity index (χ4n) is 1.74. The lowest BCUT2D eigenvalue weighted by Gasteiger charge is -2.07. The summed E-state index contributed by atoms with van der Waals surface area (Å²) >= 11 is 0. The van der Waals surface area contributed by atoms with Gasteiger partial charge in [-0.3, -0.25) is 9.52 Å². The van der Waals surface area contributed by atoms with Crippen LogP contribution in [0.5, 0.6) is 0 Å². The molecule has 21 heavy (non-hydrogen) atoms. The number of benzene rings is 2. The predicted molar refractivity (Wildman–Crippen MR) is 84.0 cm³/mol. The molecule has 0 saturated carbocycles. The van der Waals surface area contributed by atoms with Gasteiger partial charge in [0.25, 0.3) is 5.91 Å². The number of anilines is 2. The van der Waals surface area contributed by atoms with Crippen LogP contribution in [0.2, 0.25) is 0 Å². The molecule has 0 atom stereocenters. The Morgan fingerprint density at radius 3 is 1.95 bits per heavy atom. The second-order valence-electron chi connectivity index (χ2n) is 4.77. The summed E-state index contributed by atoms with van der Waals surface area (Å²) in [7, 11) is -3.31. The minimum absolute atomic E-state index is 0.246. The number of nitrogens with one attached hydrogen (secondary N) is 2. The van der Waals surface area contributed by atoms with Crippen molar-refractivity contribution in [3.05, 3.63) is 59.7 Å². The van der Waals surface area contributed by atoms with Crippen molar-refractivity contribution in [3.8, 4) is 0 Å². The Kier molecular flexibility index (Phi) is 4.28. The van der Waals surface area contributed by atoms with E-state index in [0.29, 0.717) is 16.9 Å². The number of carbonyl (C=O) groups excluding carboxylic acids is 1. The van der Waals surface area contributed by atoms with E-state index in [1.165, 1.54) is 0 Å². The van der Waals surface area contributed by atoms with Crippen molar-refractivity contribution in [2.75, 3.05) is 16.3 Å². The highest BCUT2D eigenvalue weighted by molar-refractivity contribution is 7.92. The molecule has 0 saturated heterocycles. The van der Waals surface area contributed by atoms with E-state index in [0.717, 1.165) is 11.8 Å². The Balaban J connectivity index is 2.08. The van der Waals surface area contributed by atoms with Crippen molar-refractivity contribution in [2.24, 2.45) is 0 Å². The zero-order valence-electron chi connectivity index (χ0n) is 11.8. The molecule has 2 N–H and O–H groups in total. The molecule has 0 aliphatic heterocycles. The third-order valence-corrected chi connectivity index (χ3v) is 3.37. The van der Waals surface area contributed by atoms with Crippen LogP contribution in [0.25, 0.3) is 0 Å². The molecular formula is C15H16N2O3S. The monoisotopic (exact) mass is 304 g/mol. The van der Waals surface area contributed by atoms with Gasteiger partial charge in [0.2, 0.25) is 10.0 Å². The maximum absolute atomic E-state index is 12.0. The van der Waals surface area contributed by atoms with Crippen LogP contribution in [0.1, 0.15) is 15.9 Å². The van der Waals surface area contributed by atoms with Gasteiger partial charge in [-0.2, -0.15) is 0 Å². The van der Waals surface area contributed by atoms with Gasteiger partial charge in [-0.25, -0.2) is 8.42 Å². The second-order valence-corrected chi connectivity index (χ2v) is 6.52. The Hall–Kier alpha value is -2.34.